The fourth-order valence-electron chi connectivity index (χ4n) is 1.95. The van der Waals surface area contributed by atoms with Crippen molar-refractivity contribution in [2.45, 2.75) is 6.92 Å². The lowest BCUT2D eigenvalue weighted by atomic mass is 10.3. The molecule has 2 rings (SSSR count). The van der Waals surface area contributed by atoms with Crippen molar-refractivity contribution < 1.29 is 9.59 Å². The zero-order valence-electron chi connectivity index (χ0n) is 12.4. The maximum atomic E-state index is 12.3. The van der Waals surface area contributed by atoms with Crippen LogP contribution in [0.5, 0.6) is 0 Å². The summed E-state index contributed by atoms with van der Waals surface area (Å²) in [5, 5.41) is 3.31. The Bertz CT molecular complexity index is 687. The predicted octanol–water partition coefficient (Wildman–Crippen LogP) is 3.49. The highest BCUT2D eigenvalue weighted by Crippen LogP contribution is 2.29. The quantitative estimate of drug-likeness (QED) is 0.896. The van der Waals surface area contributed by atoms with Crippen molar-refractivity contribution in [3.05, 3.63) is 58.3 Å². The summed E-state index contributed by atoms with van der Waals surface area (Å²) in [6, 6.07) is 9.98. The topological polar surface area (TPSA) is 62.3 Å². The fraction of sp³-hybridized carbons (Fsp3) is 0.188. The third-order valence-electron chi connectivity index (χ3n) is 3.11. The second kappa shape index (κ2) is 7.94. The minimum absolute atomic E-state index is 0.118. The van der Waals surface area contributed by atoms with E-state index in [0.29, 0.717) is 22.3 Å². The number of hydrogen-bond donors (Lipinski definition) is 1. The van der Waals surface area contributed by atoms with Crippen LogP contribution < -0.4 is 5.32 Å². The molecule has 1 N–H and O–H groups in total. The van der Waals surface area contributed by atoms with Gasteiger partial charge in [0.25, 0.3) is 5.91 Å². The van der Waals surface area contributed by atoms with Crippen molar-refractivity contribution >= 4 is 40.7 Å². The van der Waals surface area contributed by atoms with Crippen LogP contribution in [0.4, 0.5) is 5.69 Å². The van der Waals surface area contributed by atoms with Crippen LogP contribution in [0.25, 0.3) is 0 Å². The minimum atomic E-state index is -0.383. The third-order valence-corrected chi connectivity index (χ3v) is 3.74. The lowest BCUT2D eigenvalue weighted by Gasteiger charge is -2.20. The van der Waals surface area contributed by atoms with E-state index in [4.69, 9.17) is 23.2 Å². The van der Waals surface area contributed by atoms with Crippen LogP contribution in [0.15, 0.2) is 42.6 Å². The summed E-state index contributed by atoms with van der Waals surface area (Å²) >= 11 is 12.0. The van der Waals surface area contributed by atoms with Gasteiger partial charge in [0.2, 0.25) is 5.91 Å². The van der Waals surface area contributed by atoms with Crippen LogP contribution in [-0.2, 0) is 4.79 Å². The van der Waals surface area contributed by atoms with Crippen LogP contribution >= 0.6 is 23.2 Å². The molecular formula is C16H15Cl2N3O2. The van der Waals surface area contributed by atoms with Gasteiger partial charge in [-0.3, -0.25) is 14.6 Å². The molecule has 23 heavy (non-hydrogen) atoms. The molecule has 0 radical (unpaired) electrons. The molecule has 1 heterocycles. The zero-order valence-corrected chi connectivity index (χ0v) is 13.9. The highest BCUT2D eigenvalue weighted by atomic mass is 35.5. The molecule has 7 heteroatoms. The highest BCUT2D eigenvalue weighted by Gasteiger charge is 2.19. The first-order chi connectivity index (χ1) is 11.0. The van der Waals surface area contributed by atoms with Gasteiger partial charge in [0.1, 0.15) is 12.2 Å². The van der Waals surface area contributed by atoms with E-state index < -0.39 is 0 Å². The molecule has 120 valence electrons. The van der Waals surface area contributed by atoms with Crippen LogP contribution in [0.2, 0.25) is 10.0 Å². The molecule has 0 bridgehead atoms. The van der Waals surface area contributed by atoms with E-state index in [-0.39, 0.29) is 24.1 Å². The first-order valence-electron chi connectivity index (χ1n) is 6.97. The van der Waals surface area contributed by atoms with Gasteiger partial charge in [-0.15, -0.1) is 0 Å². The van der Waals surface area contributed by atoms with Gasteiger partial charge in [-0.1, -0.05) is 35.3 Å². The van der Waals surface area contributed by atoms with Gasteiger partial charge in [0.15, 0.2) is 0 Å². The third kappa shape index (κ3) is 4.43. The number of likely N-dealkylation sites (N-methyl/N-ethyl adjacent to an activating group) is 1. The Morgan fingerprint density at radius 3 is 2.39 bits per heavy atom. The summed E-state index contributed by atoms with van der Waals surface area (Å²) in [4.78, 5) is 29.9. The molecule has 0 saturated carbocycles. The van der Waals surface area contributed by atoms with E-state index in [9.17, 15) is 9.59 Å². The number of rotatable bonds is 5. The monoisotopic (exact) mass is 351 g/mol. The summed E-state index contributed by atoms with van der Waals surface area (Å²) in [7, 11) is 0. The number of benzene rings is 1. The fourth-order valence-corrected chi connectivity index (χ4v) is 2.44. The van der Waals surface area contributed by atoms with Crippen molar-refractivity contribution in [1.29, 1.82) is 0 Å². The molecule has 0 unspecified atom stereocenters. The molecule has 0 fully saturated rings. The number of pyridine rings is 1. The Morgan fingerprint density at radius 2 is 1.83 bits per heavy atom. The van der Waals surface area contributed by atoms with Gasteiger partial charge in [-0.2, -0.15) is 0 Å². The molecule has 5 nitrogen and oxygen atoms in total. The molecule has 0 atom stereocenters. The summed E-state index contributed by atoms with van der Waals surface area (Å²) in [5.41, 5.74) is 0.625. The standard InChI is InChI=1S/C16H15Cl2N3O2/c1-2-21(16(23)13-8-3-4-9-19-13)10-14(22)20-15-11(17)6-5-7-12(15)18/h3-9H,2,10H2,1H3,(H,20,22). The van der Waals surface area contributed by atoms with Gasteiger partial charge >= 0.3 is 0 Å². The van der Waals surface area contributed by atoms with Gasteiger partial charge in [0.05, 0.1) is 15.7 Å². The lowest BCUT2D eigenvalue weighted by Crippen LogP contribution is -2.38. The number of nitrogens with zero attached hydrogens (tertiary/aromatic N) is 2. The molecular weight excluding hydrogens is 337 g/mol. The number of carbonyl (C=O) groups excluding carboxylic acids is 2. The van der Waals surface area contributed by atoms with Crippen LogP contribution in [-0.4, -0.2) is 34.8 Å². The molecule has 0 aliphatic carbocycles. The van der Waals surface area contributed by atoms with Crippen LogP contribution in [0.1, 0.15) is 17.4 Å². The van der Waals surface area contributed by atoms with Gasteiger partial charge in [-0.25, -0.2) is 0 Å². The molecule has 1 aromatic heterocycles. The van der Waals surface area contributed by atoms with Gasteiger partial charge in [-0.05, 0) is 31.2 Å². The lowest BCUT2D eigenvalue weighted by molar-refractivity contribution is -0.116. The smallest absolute Gasteiger partial charge is 0.272 e. The number of amides is 2. The average Bonchev–Trinajstić information content (AvgIpc) is 2.56. The molecule has 0 saturated heterocycles. The van der Waals surface area contributed by atoms with Gasteiger partial charge in [0, 0.05) is 12.7 Å². The van der Waals surface area contributed by atoms with Gasteiger partial charge < -0.3 is 10.2 Å². The Balaban J connectivity index is 2.07. The zero-order chi connectivity index (χ0) is 16.8. The molecule has 1 aromatic carbocycles. The number of para-hydroxylation sites is 1. The number of aromatic nitrogens is 1. The van der Waals surface area contributed by atoms with Crippen LogP contribution in [0, 0.1) is 0 Å². The van der Waals surface area contributed by atoms with E-state index in [1.165, 1.54) is 11.1 Å². The van der Waals surface area contributed by atoms with Crippen LogP contribution in [0.3, 0.4) is 0 Å². The Kier molecular flexibility index (Phi) is 5.96. The molecule has 2 aromatic rings. The largest absolute Gasteiger partial charge is 0.328 e. The van der Waals surface area contributed by atoms with Crippen molar-refractivity contribution in [3.8, 4) is 0 Å². The summed E-state index contributed by atoms with van der Waals surface area (Å²) < 4.78 is 0. The Hall–Kier alpha value is -2.11. The summed E-state index contributed by atoms with van der Waals surface area (Å²) in [6.07, 6.45) is 1.53. The van der Waals surface area contributed by atoms with Crippen molar-refractivity contribution in [1.82, 2.24) is 9.88 Å². The SMILES string of the molecule is CCN(CC(=O)Nc1c(Cl)cccc1Cl)C(=O)c1ccccn1. The van der Waals surface area contributed by atoms with Crippen molar-refractivity contribution in [2.75, 3.05) is 18.4 Å². The molecule has 0 spiro atoms. The second-order valence-corrected chi connectivity index (χ2v) is 5.49. The number of anilines is 1. The normalized spacial score (nSPS) is 10.2. The number of carbonyl (C=O) groups is 2. The van der Waals surface area contributed by atoms with E-state index in [1.807, 2.05) is 0 Å². The Morgan fingerprint density at radius 1 is 1.13 bits per heavy atom. The number of hydrogen-bond acceptors (Lipinski definition) is 3. The van der Waals surface area contributed by atoms with E-state index in [0.717, 1.165) is 0 Å². The molecule has 0 aliphatic heterocycles. The molecule has 0 aliphatic rings. The Labute approximate surface area is 144 Å². The minimum Gasteiger partial charge on any atom is -0.328 e. The number of halogens is 2. The average molecular weight is 352 g/mol. The number of nitrogens with one attached hydrogen (secondary N) is 1. The molecule has 2 amide bonds. The van der Waals surface area contributed by atoms with E-state index >= 15 is 0 Å². The van der Waals surface area contributed by atoms with Crippen molar-refractivity contribution in [2.24, 2.45) is 0 Å². The maximum Gasteiger partial charge on any atom is 0.272 e. The summed E-state index contributed by atoms with van der Waals surface area (Å²) in [6.45, 7) is 2.04. The predicted molar refractivity (Wildman–Crippen MR) is 90.9 cm³/mol. The first-order valence-corrected chi connectivity index (χ1v) is 7.72. The first kappa shape index (κ1) is 17.2. The maximum absolute atomic E-state index is 12.3. The summed E-state index contributed by atoms with van der Waals surface area (Å²) in [5.74, 6) is -0.695. The second-order valence-electron chi connectivity index (χ2n) is 4.68. The van der Waals surface area contributed by atoms with E-state index in [2.05, 4.69) is 10.3 Å². The van der Waals surface area contributed by atoms with E-state index in [1.54, 1.807) is 43.3 Å². The van der Waals surface area contributed by atoms with Crippen molar-refractivity contribution in [3.63, 3.8) is 0 Å². The highest BCUT2D eigenvalue weighted by molar-refractivity contribution is 6.39.